The van der Waals surface area contributed by atoms with Crippen LogP contribution in [0.1, 0.15) is 37.3 Å². The standard InChI is InChI=1S/C26H31NOS/c1-21-27(15-17-29-21)20-23-11-12-25-19-26(14-13-24(25)18-23)28-16-7-3-6-10-22-8-4-2-5-9-22/h2,4-5,8-9,11-14,18-19,21H,3,6-7,10,15-17,20H2,1H3. The third kappa shape index (κ3) is 5.77. The van der Waals surface area contributed by atoms with Gasteiger partial charge in [0.1, 0.15) is 5.75 Å². The Labute approximate surface area is 179 Å². The maximum atomic E-state index is 6.01. The van der Waals surface area contributed by atoms with Gasteiger partial charge < -0.3 is 4.74 Å². The van der Waals surface area contributed by atoms with Gasteiger partial charge in [0, 0.05) is 18.8 Å². The first kappa shape index (κ1) is 20.3. The number of hydrogen-bond donors (Lipinski definition) is 0. The molecule has 2 nitrogen and oxygen atoms in total. The number of thioether (sulfide) groups is 1. The molecule has 1 fully saturated rings. The zero-order chi connectivity index (χ0) is 19.9. The van der Waals surface area contributed by atoms with Crippen molar-refractivity contribution in [3.63, 3.8) is 0 Å². The van der Waals surface area contributed by atoms with Crippen molar-refractivity contribution in [1.29, 1.82) is 0 Å². The lowest BCUT2D eigenvalue weighted by atomic mass is 10.1. The molecule has 0 bridgehead atoms. The number of rotatable bonds is 9. The Morgan fingerprint density at radius 2 is 1.72 bits per heavy atom. The molecule has 0 aromatic heterocycles. The van der Waals surface area contributed by atoms with Gasteiger partial charge in [0.2, 0.25) is 0 Å². The van der Waals surface area contributed by atoms with Crippen molar-refractivity contribution in [1.82, 2.24) is 4.90 Å². The van der Waals surface area contributed by atoms with Crippen LogP contribution >= 0.6 is 11.8 Å². The first-order valence-electron chi connectivity index (χ1n) is 10.8. The fraction of sp³-hybridized carbons (Fsp3) is 0.385. The molecule has 1 unspecified atom stereocenters. The number of aryl methyl sites for hydroxylation is 1. The quantitative estimate of drug-likeness (QED) is 0.376. The van der Waals surface area contributed by atoms with Crippen LogP contribution in [0.4, 0.5) is 0 Å². The van der Waals surface area contributed by atoms with Crippen LogP contribution in [-0.2, 0) is 13.0 Å². The zero-order valence-corrected chi connectivity index (χ0v) is 18.2. The van der Waals surface area contributed by atoms with Gasteiger partial charge >= 0.3 is 0 Å². The molecule has 0 N–H and O–H groups in total. The minimum Gasteiger partial charge on any atom is -0.494 e. The van der Waals surface area contributed by atoms with Crippen molar-refractivity contribution in [2.45, 2.75) is 44.5 Å². The van der Waals surface area contributed by atoms with Crippen LogP contribution in [0.5, 0.6) is 5.75 Å². The summed E-state index contributed by atoms with van der Waals surface area (Å²) in [4.78, 5) is 2.56. The Balaban J connectivity index is 1.24. The average molecular weight is 406 g/mol. The molecular formula is C26H31NOS. The summed E-state index contributed by atoms with van der Waals surface area (Å²) in [6, 6.07) is 24.1. The summed E-state index contributed by atoms with van der Waals surface area (Å²) in [7, 11) is 0. The Morgan fingerprint density at radius 1 is 0.897 bits per heavy atom. The lowest BCUT2D eigenvalue weighted by molar-refractivity contribution is 0.291. The summed E-state index contributed by atoms with van der Waals surface area (Å²) in [6.45, 7) is 5.35. The van der Waals surface area contributed by atoms with E-state index >= 15 is 0 Å². The molecule has 0 aliphatic carbocycles. The molecule has 4 rings (SSSR count). The molecule has 1 aliphatic heterocycles. The molecule has 3 aromatic carbocycles. The highest BCUT2D eigenvalue weighted by Gasteiger charge is 2.20. The van der Waals surface area contributed by atoms with E-state index < -0.39 is 0 Å². The van der Waals surface area contributed by atoms with Gasteiger partial charge in [-0.05, 0) is 72.7 Å². The molecule has 1 atom stereocenters. The van der Waals surface area contributed by atoms with E-state index in [9.17, 15) is 0 Å². The van der Waals surface area contributed by atoms with E-state index in [0.717, 1.165) is 31.7 Å². The van der Waals surface area contributed by atoms with E-state index in [4.69, 9.17) is 4.74 Å². The topological polar surface area (TPSA) is 12.5 Å². The fourth-order valence-corrected chi connectivity index (χ4v) is 5.05. The molecule has 1 saturated heterocycles. The summed E-state index contributed by atoms with van der Waals surface area (Å²) in [6.07, 6.45) is 4.70. The van der Waals surface area contributed by atoms with Crippen LogP contribution in [0.3, 0.4) is 0 Å². The van der Waals surface area contributed by atoms with Crippen molar-refractivity contribution < 1.29 is 4.74 Å². The maximum Gasteiger partial charge on any atom is 0.119 e. The second-order valence-corrected chi connectivity index (χ2v) is 9.35. The lowest BCUT2D eigenvalue weighted by Crippen LogP contribution is -2.25. The van der Waals surface area contributed by atoms with Crippen LogP contribution in [-0.4, -0.2) is 29.2 Å². The summed E-state index contributed by atoms with van der Waals surface area (Å²) in [5.74, 6) is 2.24. The van der Waals surface area contributed by atoms with Gasteiger partial charge in [-0.3, -0.25) is 4.90 Å². The molecule has 1 heterocycles. The summed E-state index contributed by atoms with van der Waals surface area (Å²) < 4.78 is 6.01. The average Bonchev–Trinajstić information content (AvgIpc) is 3.15. The second kappa shape index (κ2) is 10.2. The number of unbranched alkanes of at least 4 members (excludes halogenated alkanes) is 2. The van der Waals surface area contributed by atoms with Gasteiger partial charge in [-0.1, -0.05) is 48.5 Å². The Morgan fingerprint density at radius 3 is 2.55 bits per heavy atom. The molecule has 1 aliphatic rings. The van der Waals surface area contributed by atoms with Crippen molar-refractivity contribution in [3.8, 4) is 5.75 Å². The molecule has 152 valence electrons. The van der Waals surface area contributed by atoms with Crippen molar-refractivity contribution in [2.24, 2.45) is 0 Å². The smallest absolute Gasteiger partial charge is 0.119 e. The van der Waals surface area contributed by atoms with Crippen molar-refractivity contribution >= 4 is 22.5 Å². The van der Waals surface area contributed by atoms with Gasteiger partial charge in [-0.25, -0.2) is 0 Å². The number of benzene rings is 3. The van der Waals surface area contributed by atoms with Gasteiger partial charge in [0.15, 0.2) is 0 Å². The number of hydrogen-bond acceptors (Lipinski definition) is 3. The monoisotopic (exact) mass is 405 g/mol. The second-order valence-electron chi connectivity index (χ2n) is 7.93. The minimum atomic E-state index is 0.633. The third-order valence-corrected chi connectivity index (χ3v) is 6.93. The van der Waals surface area contributed by atoms with Gasteiger partial charge in [-0.15, -0.1) is 11.8 Å². The zero-order valence-electron chi connectivity index (χ0n) is 17.3. The lowest BCUT2D eigenvalue weighted by Gasteiger charge is -2.20. The van der Waals surface area contributed by atoms with E-state index in [0.29, 0.717) is 5.37 Å². The fourth-order valence-electron chi connectivity index (χ4n) is 3.97. The predicted octanol–water partition coefficient (Wildman–Crippen LogP) is 6.53. The van der Waals surface area contributed by atoms with Crippen LogP contribution in [0.2, 0.25) is 0 Å². The Hall–Kier alpha value is -1.97. The van der Waals surface area contributed by atoms with Gasteiger partial charge in [0.05, 0.1) is 12.0 Å². The minimum absolute atomic E-state index is 0.633. The van der Waals surface area contributed by atoms with Crippen LogP contribution in [0.15, 0.2) is 66.7 Å². The van der Waals surface area contributed by atoms with Crippen molar-refractivity contribution in [2.75, 3.05) is 18.9 Å². The maximum absolute atomic E-state index is 6.01. The largest absolute Gasteiger partial charge is 0.494 e. The van der Waals surface area contributed by atoms with Crippen LogP contribution < -0.4 is 4.74 Å². The highest BCUT2D eigenvalue weighted by Crippen LogP contribution is 2.27. The molecule has 0 amide bonds. The molecule has 29 heavy (non-hydrogen) atoms. The molecule has 0 saturated carbocycles. The normalized spacial score (nSPS) is 17.1. The number of nitrogens with zero attached hydrogens (tertiary/aromatic N) is 1. The Bertz CT molecular complexity index is 911. The molecule has 3 heteroatoms. The van der Waals surface area contributed by atoms with E-state index in [2.05, 4.69) is 90.3 Å². The summed E-state index contributed by atoms with van der Waals surface area (Å²) in [5.41, 5.74) is 2.83. The van der Waals surface area contributed by atoms with E-state index in [1.165, 1.54) is 47.0 Å². The van der Waals surface area contributed by atoms with Crippen LogP contribution in [0, 0.1) is 0 Å². The summed E-state index contributed by atoms with van der Waals surface area (Å²) >= 11 is 2.05. The van der Waals surface area contributed by atoms with Gasteiger partial charge in [0.25, 0.3) is 0 Å². The molecule has 0 spiro atoms. The van der Waals surface area contributed by atoms with Gasteiger partial charge in [-0.2, -0.15) is 0 Å². The van der Waals surface area contributed by atoms with E-state index in [1.807, 2.05) is 0 Å². The highest BCUT2D eigenvalue weighted by atomic mass is 32.2. The van der Waals surface area contributed by atoms with E-state index in [1.54, 1.807) is 0 Å². The van der Waals surface area contributed by atoms with Crippen LogP contribution in [0.25, 0.3) is 10.8 Å². The predicted molar refractivity (Wildman–Crippen MR) is 126 cm³/mol. The van der Waals surface area contributed by atoms with E-state index in [-0.39, 0.29) is 0 Å². The SMILES string of the molecule is CC1SCCN1Cc1ccc2cc(OCCCCCc3ccccc3)ccc2c1. The number of fused-ring (bicyclic) bond motifs is 1. The number of ether oxygens (including phenoxy) is 1. The first-order chi connectivity index (χ1) is 14.3. The Kier molecular flexibility index (Phi) is 7.13. The molecule has 3 aromatic rings. The van der Waals surface area contributed by atoms with Crippen molar-refractivity contribution in [3.05, 3.63) is 77.9 Å². The molecule has 0 radical (unpaired) electrons. The third-order valence-electron chi connectivity index (χ3n) is 5.73. The summed E-state index contributed by atoms with van der Waals surface area (Å²) in [5, 5.41) is 3.20. The first-order valence-corrected chi connectivity index (χ1v) is 11.9. The molecular weight excluding hydrogens is 374 g/mol. The highest BCUT2D eigenvalue weighted by molar-refractivity contribution is 8.00.